The van der Waals surface area contributed by atoms with Crippen molar-refractivity contribution < 1.29 is 14.3 Å². The predicted octanol–water partition coefficient (Wildman–Crippen LogP) is 0.504. The van der Waals surface area contributed by atoms with Gasteiger partial charge in [0.15, 0.2) is 0 Å². The summed E-state index contributed by atoms with van der Waals surface area (Å²) in [6.07, 6.45) is 2.20. The number of morpholine rings is 1. The first kappa shape index (κ1) is 17.9. The van der Waals surface area contributed by atoms with Crippen LogP contribution in [0.1, 0.15) is 40.0 Å². The van der Waals surface area contributed by atoms with Gasteiger partial charge in [0.2, 0.25) is 11.8 Å². The molecule has 0 aliphatic carbocycles. The second-order valence-corrected chi connectivity index (χ2v) is 6.06. The van der Waals surface area contributed by atoms with Crippen LogP contribution in [0, 0.1) is 5.92 Å². The fourth-order valence-corrected chi connectivity index (χ4v) is 2.44. The van der Waals surface area contributed by atoms with Crippen molar-refractivity contribution in [3.63, 3.8) is 0 Å². The molecule has 0 radical (unpaired) electrons. The van der Waals surface area contributed by atoms with Gasteiger partial charge in [0.05, 0.1) is 13.2 Å². The van der Waals surface area contributed by atoms with E-state index in [2.05, 4.69) is 12.2 Å². The Labute approximate surface area is 127 Å². The predicted molar refractivity (Wildman–Crippen MR) is 81.7 cm³/mol. The molecule has 2 amide bonds. The highest BCUT2D eigenvalue weighted by atomic mass is 16.5. The molecular weight excluding hydrogens is 270 g/mol. The van der Waals surface area contributed by atoms with Crippen molar-refractivity contribution >= 4 is 11.8 Å². The zero-order valence-electron chi connectivity index (χ0n) is 13.4. The second-order valence-electron chi connectivity index (χ2n) is 6.06. The molecule has 0 spiro atoms. The van der Waals surface area contributed by atoms with Crippen LogP contribution < -0.4 is 11.1 Å². The quantitative estimate of drug-likeness (QED) is 0.717. The van der Waals surface area contributed by atoms with Gasteiger partial charge in [0.1, 0.15) is 6.04 Å². The van der Waals surface area contributed by atoms with E-state index >= 15 is 0 Å². The Morgan fingerprint density at radius 1 is 1.33 bits per heavy atom. The van der Waals surface area contributed by atoms with Gasteiger partial charge in [-0.15, -0.1) is 0 Å². The molecule has 0 bridgehead atoms. The Bertz CT molecular complexity index is 347. The Morgan fingerprint density at radius 2 is 2.05 bits per heavy atom. The summed E-state index contributed by atoms with van der Waals surface area (Å²) >= 11 is 0. The van der Waals surface area contributed by atoms with Crippen LogP contribution in [0.2, 0.25) is 0 Å². The normalized spacial score (nSPS) is 20.4. The zero-order chi connectivity index (χ0) is 15.8. The molecule has 21 heavy (non-hydrogen) atoms. The summed E-state index contributed by atoms with van der Waals surface area (Å²) in [5.74, 6) is 0.335. The Hall–Kier alpha value is -1.14. The van der Waals surface area contributed by atoms with Crippen LogP contribution in [-0.2, 0) is 14.3 Å². The number of carbonyl (C=O) groups is 2. The number of nitrogens with one attached hydrogen (secondary N) is 1. The summed E-state index contributed by atoms with van der Waals surface area (Å²) in [5.41, 5.74) is 5.52. The molecule has 1 rings (SSSR count). The van der Waals surface area contributed by atoms with Crippen molar-refractivity contribution in [1.29, 1.82) is 0 Å². The molecule has 1 saturated heterocycles. The van der Waals surface area contributed by atoms with Gasteiger partial charge in [0.25, 0.3) is 0 Å². The highest BCUT2D eigenvalue weighted by Crippen LogP contribution is 2.14. The molecule has 1 fully saturated rings. The van der Waals surface area contributed by atoms with Gasteiger partial charge in [-0.3, -0.25) is 9.59 Å². The number of hydrogen-bond donors (Lipinski definition) is 2. The molecule has 0 saturated carbocycles. The number of nitrogens with zero attached hydrogens (tertiary/aromatic N) is 1. The average molecular weight is 299 g/mol. The van der Waals surface area contributed by atoms with E-state index in [4.69, 9.17) is 10.5 Å². The Kier molecular flexibility index (Phi) is 7.67. The lowest BCUT2D eigenvalue weighted by molar-refractivity contribution is -0.148. The minimum absolute atomic E-state index is 0.0334. The van der Waals surface area contributed by atoms with Gasteiger partial charge < -0.3 is 20.7 Å². The SMILES string of the molecule is CC(CCN)CCC(=O)N1CCOCC1C(=O)NC(C)C. The number of carbonyl (C=O) groups excluding carboxylic acids is 2. The maximum Gasteiger partial charge on any atom is 0.245 e. The lowest BCUT2D eigenvalue weighted by Crippen LogP contribution is -2.56. The van der Waals surface area contributed by atoms with E-state index in [1.165, 1.54) is 0 Å². The van der Waals surface area contributed by atoms with E-state index in [1.54, 1.807) is 4.90 Å². The summed E-state index contributed by atoms with van der Waals surface area (Å²) in [6.45, 7) is 7.82. The smallest absolute Gasteiger partial charge is 0.245 e. The van der Waals surface area contributed by atoms with Crippen LogP contribution in [0.3, 0.4) is 0 Å². The van der Waals surface area contributed by atoms with Crippen LogP contribution in [0.5, 0.6) is 0 Å². The third-order valence-electron chi connectivity index (χ3n) is 3.69. The molecule has 1 heterocycles. The van der Waals surface area contributed by atoms with Crippen molar-refractivity contribution in [2.75, 3.05) is 26.3 Å². The third-order valence-corrected chi connectivity index (χ3v) is 3.69. The lowest BCUT2D eigenvalue weighted by Gasteiger charge is -2.35. The van der Waals surface area contributed by atoms with Gasteiger partial charge in [-0.05, 0) is 39.2 Å². The zero-order valence-corrected chi connectivity index (χ0v) is 13.4. The average Bonchev–Trinajstić information content (AvgIpc) is 2.44. The Morgan fingerprint density at radius 3 is 2.67 bits per heavy atom. The van der Waals surface area contributed by atoms with Crippen LogP contribution in [0.25, 0.3) is 0 Å². The molecule has 0 aromatic heterocycles. The molecule has 2 unspecified atom stereocenters. The van der Waals surface area contributed by atoms with E-state index in [1.807, 2.05) is 13.8 Å². The maximum absolute atomic E-state index is 12.4. The third kappa shape index (κ3) is 6.01. The molecule has 3 N–H and O–H groups in total. The highest BCUT2D eigenvalue weighted by molar-refractivity contribution is 5.88. The molecule has 2 atom stereocenters. The minimum atomic E-state index is -0.501. The molecule has 0 aromatic rings. The molecule has 1 aliphatic heterocycles. The van der Waals surface area contributed by atoms with Crippen molar-refractivity contribution in [2.45, 2.75) is 52.1 Å². The fraction of sp³-hybridized carbons (Fsp3) is 0.867. The Balaban J connectivity index is 2.55. The number of nitrogens with two attached hydrogens (primary N) is 1. The van der Waals surface area contributed by atoms with E-state index in [0.717, 1.165) is 12.8 Å². The molecule has 6 heteroatoms. The van der Waals surface area contributed by atoms with Crippen molar-refractivity contribution in [3.8, 4) is 0 Å². The van der Waals surface area contributed by atoms with E-state index < -0.39 is 6.04 Å². The first-order valence-electron chi connectivity index (χ1n) is 7.83. The molecule has 1 aliphatic rings. The van der Waals surface area contributed by atoms with E-state index in [-0.39, 0.29) is 24.5 Å². The minimum Gasteiger partial charge on any atom is -0.377 e. The topological polar surface area (TPSA) is 84.7 Å². The van der Waals surface area contributed by atoms with Crippen molar-refractivity contribution in [1.82, 2.24) is 10.2 Å². The largest absolute Gasteiger partial charge is 0.377 e. The molecule has 0 aromatic carbocycles. The number of hydrogen-bond acceptors (Lipinski definition) is 4. The molecular formula is C15H29N3O3. The standard InChI is InChI=1S/C15H29N3O3/c1-11(2)17-15(20)13-10-21-9-8-18(13)14(19)5-4-12(3)6-7-16/h11-13H,4-10,16H2,1-3H3,(H,17,20). The van der Waals surface area contributed by atoms with E-state index in [0.29, 0.717) is 32.0 Å². The van der Waals surface area contributed by atoms with Gasteiger partial charge >= 0.3 is 0 Å². The maximum atomic E-state index is 12.4. The fourth-order valence-electron chi connectivity index (χ4n) is 2.44. The first-order valence-corrected chi connectivity index (χ1v) is 7.83. The molecule has 6 nitrogen and oxygen atoms in total. The number of ether oxygens (including phenoxy) is 1. The second kappa shape index (κ2) is 9.00. The van der Waals surface area contributed by atoms with Crippen LogP contribution >= 0.6 is 0 Å². The van der Waals surface area contributed by atoms with Crippen LogP contribution in [-0.4, -0.2) is 55.1 Å². The van der Waals surface area contributed by atoms with Gasteiger partial charge in [-0.25, -0.2) is 0 Å². The summed E-state index contributed by atoms with van der Waals surface area (Å²) < 4.78 is 5.36. The highest BCUT2D eigenvalue weighted by Gasteiger charge is 2.32. The van der Waals surface area contributed by atoms with Crippen LogP contribution in [0.15, 0.2) is 0 Å². The number of amides is 2. The van der Waals surface area contributed by atoms with Crippen LogP contribution in [0.4, 0.5) is 0 Å². The van der Waals surface area contributed by atoms with Gasteiger partial charge in [0, 0.05) is 19.0 Å². The van der Waals surface area contributed by atoms with E-state index in [9.17, 15) is 9.59 Å². The first-order chi connectivity index (χ1) is 9.95. The summed E-state index contributed by atoms with van der Waals surface area (Å²) in [6, 6.07) is -0.445. The summed E-state index contributed by atoms with van der Waals surface area (Å²) in [7, 11) is 0. The summed E-state index contributed by atoms with van der Waals surface area (Å²) in [4.78, 5) is 26.2. The molecule has 122 valence electrons. The van der Waals surface area contributed by atoms with Crippen molar-refractivity contribution in [2.24, 2.45) is 11.7 Å². The van der Waals surface area contributed by atoms with Gasteiger partial charge in [-0.2, -0.15) is 0 Å². The number of rotatable bonds is 7. The van der Waals surface area contributed by atoms with Crippen molar-refractivity contribution in [3.05, 3.63) is 0 Å². The van der Waals surface area contributed by atoms with Gasteiger partial charge in [-0.1, -0.05) is 6.92 Å². The monoisotopic (exact) mass is 299 g/mol. The summed E-state index contributed by atoms with van der Waals surface area (Å²) in [5, 5.41) is 2.85. The lowest BCUT2D eigenvalue weighted by atomic mass is 10.0.